The predicted molar refractivity (Wildman–Crippen MR) is 50.6 cm³/mol. The van der Waals surface area contributed by atoms with E-state index in [1.54, 1.807) is 20.8 Å². The van der Waals surface area contributed by atoms with Crippen LogP contribution in [0.1, 0.15) is 27.2 Å². The van der Waals surface area contributed by atoms with Gasteiger partial charge in [0.1, 0.15) is 6.04 Å². The molecule has 5 heteroatoms. The lowest BCUT2D eigenvalue weighted by atomic mass is 10.1. The lowest BCUT2D eigenvalue weighted by Gasteiger charge is -2.17. The molecular weight excluding hydrogens is 186 g/mol. The van der Waals surface area contributed by atoms with Crippen molar-refractivity contribution in [2.75, 3.05) is 0 Å². The number of esters is 1. The van der Waals surface area contributed by atoms with E-state index in [2.05, 4.69) is 0 Å². The zero-order valence-corrected chi connectivity index (χ0v) is 8.69. The summed E-state index contributed by atoms with van der Waals surface area (Å²) in [5.74, 6) is -1.86. The molecule has 5 nitrogen and oxygen atoms in total. The second kappa shape index (κ2) is 5.59. The predicted octanol–water partition coefficient (Wildman–Crippen LogP) is 0.376. The van der Waals surface area contributed by atoms with Gasteiger partial charge in [0.25, 0.3) is 0 Å². The maximum absolute atomic E-state index is 11.2. The second-order valence-electron chi connectivity index (χ2n) is 3.44. The Morgan fingerprint density at radius 2 is 1.93 bits per heavy atom. The molecule has 0 aliphatic heterocycles. The van der Waals surface area contributed by atoms with Gasteiger partial charge in [-0.3, -0.25) is 4.79 Å². The molecule has 0 radical (unpaired) electrons. The highest BCUT2D eigenvalue weighted by molar-refractivity contribution is 5.80. The van der Waals surface area contributed by atoms with Crippen molar-refractivity contribution in [3.63, 3.8) is 0 Å². The minimum absolute atomic E-state index is 0.0613. The topological polar surface area (TPSA) is 89.6 Å². The molecule has 0 spiro atoms. The molecule has 2 atom stereocenters. The van der Waals surface area contributed by atoms with Crippen LogP contribution in [0.4, 0.5) is 0 Å². The summed E-state index contributed by atoms with van der Waals surface area (Å²) in [5.41, 5.74) is 5.50. The third-order valence-electron chi connectivity index (χ3n) is 1.90. The number of aliphatic carboxylic acids is 1. The Balaban J connectivity index is 4.22. The number of ether oxygens (including phenoxy) is 1. The fourth-order valence-corrected chi connectivity index (χ4v) is 0.799. The van der Waals surface area contributed by atoms with E-state index < -0.39 is 24.1 Å². The fourth-order valence-electron chi connectivity index (χ4n) is 0.799. The second-order valence-corrected chi connectivity index (χ2v) is 3.44. The Morgan fingerprint density at radius 1 is 1.43 bits per heavy atom. The highest BCUT2D eigenvalue weighted by Gasteiger charge is 2.25. The summed E-state index contributed by atoms with van der Waals surface area (Å²) >= 11 is 0. The van der Waals surface area contributed by atoms with E-state index >= 15 is 0 Å². The largest absolute Gasteiger partial charge is 0.479 e. The van der Waals surface area contributed by atoms with Crippen molar-refractivity contribution in [2.45, 2.75) is 39.3 Å². The van der Waals surface area contributed by atoms with Gasteiger partial charge in [-0.15, -0.1) is 0 Å². The van der Waals surface area contributed by atoms with E-state index in [9.17, 15) is 9.59 Å². The van der Waals surface area contributed by atoms with Crippen LogP contribution in [0.15, 0.2) is 0 Å². The minimum atomic E-state index is -1.14. The number of hydrogen-bond donors (Lipinski definition) is 2. The van der Waals surface area contributed by atoms with E-state index in [1.807, 2.05) is 0 Å². The van der Waals surface area contributed by atoms with Gasteiger partial charge in [0.15, 0.2) is 6.10 Å². The molecule has 0 aliphatic rings. The lowest BCUT2D eigenvalue weighted by Crippen LogP contribution is -2.40. The molecule has 1 unspecified atom stereocenters. The lowest BCUT2D eigenvalue weighted by molar-refractivity contribution is -0.165. The van der Waals surface area contributed by atoms with Crippen LogP contribution < -0.4 is 5.73 Å². The Morgan fingerprint density at radius 3 is 2.21 bits per heavy atom. The number of carboxylic acids is 1. The van der Waals surface area contributed by atoms with Crippen LogP contribution in [0.5, 0.6) is 0 Å². The van der Waals surface area contributed by atoms with Gasteiger partial charge < -0.3 is 15.6 Å². The SMILES string of the molecule is CCC(OC(=O)[C@@H](N)C(C)C)C(=O)O. The van der Waals surface area contributed by atoms with Crippen molar-refractivity contribution < 1.29 is 19.4 Å². The molecule has 0 heterocycles. The fraction of sp³-hybridized carbons (Fsp3) is 0.778. The molecule has 0 rings (SSSR count). The molecule has 3 N–H and O–H groups in total. The first-order valence-corrected chi connectivity index (χ1v) is 4.59. The maximum atomic E-state index is 11.2. The number of carboxylic acid groups (broad SMARTS) is 1. The average molecular weight is 203 g/mol. The maximum Gasteiger partial charge on any atom is 0.345 e. The van der Waals surface area contributed by atoms with Crippen molar-refractivity contribution in [2.24, 2.45) is 11.7 Å². The van der Waals surface area contributed by atoms with Gasteiger partial charge in [-0.05, 0) is 12.3 Å². The van der Waals surface area contributed by atoms with Gasteiger partial charge in [0.05, 0.1) is 0 Å². The molecule has 0 bridgehead atoms. The van der Waals surface area contributed by atoms with Gasteiger partial charge in [-0.25, -0.2) is 4.79 Å². The van der Waals surface area contributed by atoms with E-state index in [1.165, 1.54) is 0 Å². The van der Waals surface area contributed by atoms with Crippen LogP contribution in [-0.4, -0.2) is 29.2 Å². The van der Waals surface area contributed by atoms with Crippen LogP contribution in [0.25, 0.3) is 0 Å². The van der Waals surface area contributed by atoms with Crippen LogP contribution in [0.2, 0.25) is 0 Å². The summed E-state index contributed by atoms with van der Waals surface area (Å²) in [6.45, 7) is 5.17. The zero-order chi connectivity index (χ0) is 11.3. The normalized spacial score (nSPS) is 14.9. The Labute approximate surface area is 83.2 Å². The van der Waals surface area contributed by atoms with E-state index in [0.29, 0.717) is 0 Å². The zero-order valence-electron chi connectivity index (χ0n) is 8.69. The molecule has 0 saturated heterocycles. The minimum Gasteiger partial charge on any atom is -0.479 e. The average Bonchev–Trinajstić information content (AvgIpc) is 2.11. The third-order valence-corrected chi connectivity index (χ3v) is 1.90. The molecule has 14 heavy (non-hydrogen) atoms. The highest BCUT2D eigenvalue weighted by atomic mass is 16.6. The standard InChI is InChI=1S/C9H17NO4/c1-4-6(8(11)12)14-9(13)7(10)5(2)3/h5-7H,4,10H2,1-3H3,(H,11,12)/t6?,7-/m0/s1. The first-order chi connectivity index (χ1) is 6.40. The molecule has 0 saturated carbocycles. The van der Waals surface area contributed by atoms with Crippen LogP contribution in [-0.2, 0) is 14.3 Å². The van der Waals surface area contributed by atoms with Crippen molar-refractivity contribution in [3.05, 3.63) is 0 Å². The molecular formula is C9H17NO4. The van der Waals surface area contributed by atoms with Crippen molar-refractivity contribution in [1.29, 1.82) is 0 Å². The highest BCUT2D eigenvalue weighted by Crippen LogP contribution is 2.05. The number of hydrogen-bond acceptors (Lipinski definition) is 4. The van der Waals surface area contributed by atoms with Gasteiger partial charge in [0.2, 0.25) is 0 Å². The molecule has 0 aromatic heterocycles. The summed E-state index contributed by atoms with van der Waals surface area (Å²) in [5, 5.41) is 8.62. The monoisotopic (exact) mass is 203 g/mol. The molecule has 0 aromatic carbocycles. The first kappa shape index (κ1) is 12.9. The summed E-state index contributed by atoms with van der Waals surface area (Å²) in [6, 6.07) is -0.761. The molecule has 0 aliphatic carbocycles. The Hall–Kier alpha value is -1.10. The first-order valence-electron chi connectivity index (χ1n) is 4.59. The smallest absolute Gasteiger partial charge is 0.345 e. The Bertz CT molecular complexity index is 215. The Kier molecular flexibility index (Phi) is 5.15. The summed E-state index contributed by atoms with van der Waals surface area (Å²) < 4.78 is 4.72. The number of nitrogens with two attached hydrogens (primary N) is 1. The van der Waals surface area contributed by atoms with Crippen molar-refractivity contribution in [3.8, 4) is 0 Å². The molecule has 0 amide bonds. The van der Waals surface area contributed by atoms with E-state index in [4.69, 9.17) is 15.6 Å². The molecule has 0 aromatic rings. The summed E-state index contributed by atoms with van der Waals surface area (Å²) in [6.07, 6.45) is -0.849. The van der Waals surface area contributed by atoms with Gasteiger partial charge in [0, 0.05) is 0 Å². The van der Waals surface area contributed by atoms with Crippen LogP contribution in [0.3, 0.4) is 0 Å². The van der Waals surface area contributed by atoms with Crippen molar-refractivity contribution in [1.82, 2.24) is 0 Å². The van der Waals surface area contributed by atoms with Gasteiger partial charge in [-0.1, -0.05) is 20.8 Å². The number of carbonyl (C=O) groups excluding carboxylic acids is 1. The molecule has 0 fully saturated rings. The summed E-state index contributed by atoms with van der Waals surface area (Å²) in [4.78, 5) is 21.8. The van der Waals surface area contributed by atoms with Crippen molar-refractivity contribution >= 4 is 11.9 Å². The quantitative estimate of drug-likeness (QED) is 0.630. The van der Waals surface area contributed by atoms with E-state index in [0.717, 1.165) is 0 Å². The summed E-state index contributed by atoms with van der Waals surface area (Å²) in [7, 11) is 0. The van der Waals surface area contributed by atoms with E-state index in [-0.39, 0.29) is 12.3 Å². The van der Waals surface area contributed by atoms with Gasteiger partial charge >= 0.3 is 11.9 Å². The molecule has 82 valence electrons. The number of carbonyl (C=O) groups is 2. The van der Waals surface area contributed by atoms with Gasteiger partial charge in [-0.2, -0.15) is 0 Å². The number of rotatable bonds is 5. The third kappa shape index (κ3) is 3.74. The van der Waals surface area contributed by atoms with Crippen LogP contribution in [0, 0.1) is 5.92 Å². The van der Waals surface area contributed by atoms with Crippen LogP contribution >= 0.6 is 0 Å².